The minimum atomic E-state index is 0.120. The maximum atomic E-state index is 6.37. The fraction of sp³-hybridized carbons (Fsp3) is 0.280. The van der Waals surface area contributed by atoms with Crippen LogP contribution in [-0.2, 0) is 0 Å². The van der Waals surface area contributed by atoms with Crippen LogP contribution in [0, 0.1) is 69.2 Å². The summed E-state index contributed by atoms with van der Waals surface area (Å²) in [7, 11) is 2.14. The fourth-order valence-electron chi connectivity index (χ4n) is 21.3. The van der Waals surface area contributed by atoms with E-state index < -0.39 is 0 Å². The maximum Gasteiger partial charge on any atom is 0.227 e. The lowest BCUT2D eigenvalue weighted by Gasteiger charge is -2.34. The molecule has 0 fully saturated rings. The highest BCUT2D eigenvalue weighted by Gasteiger charge is 2.40. The van der Waals surface area contributed by atoms with E-state index in [4.69, 9.17) is 22.1 Å². The van der Waals surface area contributed by atoms with Crippen LogP contribution in [-0.4, -0.2) is 79.8 Å². The Bertz CT molecular complexity index is 8020. The molecule has 0 bridgehead atoms. The highest BCUT2D eigenvalue weighted by molar-refractivity contribution is 6.14. The molecule has 0 N–H and O–H groups in total. The number of anilines is 11. The molecular weight excluding hydrogens is 1710 g/mol. The number of para-hydroxylation sites is 6. The number of nitrogens with zero attached hydrogens (tertiary/aromatic N) is 15. The highest BCUT2D eigenvalue weighted by Crippen LogP contribution is 2.53. The van der Waals surface area contributed by atoms with E-state index in [2.05, 4.69) is 425 Å². The maximum absolute atomic E-state index is 6.37. The van der Waals surface area contributed by atoms with Crippen molar-refractivity contribution >= 4 is 173 Å². The van der Waals surface area contributed by atoms with Gasteiger partial charge >= 0.3 is 0 Å². The second kappa shape index (κ2) is 35.9. The van der Waals surface area contributed by atoms with E-state index in [1.165, 1.54) is 73.1 Å². The number of fused-ring (bicyclic) bond motifs is 17. The Morgan fingerprint density at radius 2 is 0.536 bits per heavy atom. The van der Waals surface area contributed by atoms with Crippen LogP contribution in [0.5, 0.6) is 0 Å². The van der Waals surface area contributed by atoms with E-state index >= 15 is 0 Å². The average Bonchev–Trinajstić information content (AvgIpc) is 1.55. The van der Waals surface area contributed by atoms with Gasteiger partial charge in [-0.15, -0.1) is 0 Å². The van der Waals surface area contributed by atoms with Crippen molar-refractivity contribution in [2.45, 2.75) is 214 Å². The van der Waals surface area contributed by atoms with Gasteiger partial charge in [-0.25, -0.2) is 24.9 Å². The Labute approximate surface area is 808 Å². The zero-order valence-corrected chi connectivity index (χ0v) is 83.7. The summed E-state index contributed by atoms with van der Waals surface area (Å²) in [6.07, 6.45) is 13.9. The Kier molecular flexibility index (Phi) is 23.6. The molecule has 9 aromatic carbocycles. The zero-order valence-electron chi connectivity index (χ0n) is 83.7. The number of aromatic nitrogens is 5. The molecule has 19 aromatic rings. The van der Waals surface area contributed by atoms with Crippen molar-refractivity contribution in [3.63, 3.8) is 0 Å². The SMILES string of the molecule is Cc1ccc2c(n1)oc1c(N3C=CN(C(C)C)C3C)c(C)ccc12.Cc1ccc2c(n1)oc1c(N3C=CN(c4c(C(C)C)cccc4C(C)C)C3C)c(C)ccc12.Cc1ccc2c(n1)oc1c(N3C=CN(c4ccccc4)C3C)c(C)ccc12.Cc1ccc2c(n1)oc1c(N3c4ccccc4N(C(C)C)C3C)c(C)ccc12.Cc1ccc2c(n1)oc1c(N3c4ccccc4N(C)C3C)c(C)ccc12. The van der Waals surface area contributed by atoms with Crippen molar-refractivity contribution < 1.29 is 22.1 Å². The van der Waals surface area contributed by atoms with Gasteiger partial charge in [-0.3, -0.25) is 0 Å². The van der Waals surface area contributed by atoms with Gasteiger partial charge in [0.1, 0.15) is 30.8 Å². The van der Waals surface area contributed by atoms with Crippen LogP contribution >= 0.6 is 0 Å². The van der Waals surface area contributed by atoms with E-state index in [0.717, 1.165) is 139 Å². The molecular formula is C118H123N15O5. The lowest BCUT2D eigenvalue weighted by molar-refractivity contribution is 0.263. The summed E-state index contributed by atoms with van der Waals surface area (Å²) in [6.45, 7) is 49.9. The summed E-state index contributed by atoms with van der Waals surface area (Å²) in [4.78, 5) is 46.5. The van der Waals surface area contributed by atoms with Crippen LogP contribution in [0.25, 0.3) is 110 Å². The van der Waals surface area contributed by atoms with E-state index in [1.54, 1.807) is 0 Å². The van der Waals surface area contributed by atoms with Gasteiger partial charge in [-0.2, -0.15) is 0 Å². The Morgan fingerprint density at radius 1 is 0.246 bits per heavy atom. The molecule has 700 valence electrons. The monoisotopic (exact) mass is 1830 g/mol. The second-order valence-electron chi connectivity index (χ2n) is 39.0. The molecule has 15 heterocycles. The van der Waals surface area contributed by atoms with Crippen LogP contribution in [0.3, 0.4) is 0 Å². The molecule has 20 nitrogen and oxygen atoms in total. The molecule has 24 rings (SSSR count). The normalized spacial score (nSPS) is 16.8. The standard InChI is InChI=1S/C29H33N3O.C24H25N3O.C23H21N3O.C22H21N3O.C20H23N3O/c1-17(2)22-9-8-10-23(18(3)4)27(22)32-16-15-31(21(32)7)26-19(5)11-13-24-25-14-12-20(6)30-29(25)33-28(24)26;1-14(2)26-17(5)27(21-9-7-6-8-20(21)26)22-15(3)10-12-18-19-13-11-16(4)25-24(19)28-23(18)22;1-15-9-11-19-20-12-10-16(2)24-23(20)27-22(19)21(15)26-14-13-25(17(26)3)18-7-5-4-6-8-18;1-13-9-11-16-17-12-10-14(2)23-22(17)26-21(16)20(13)25-15(3)24(4)18-7-5-6-8-19(18)25;1-12(2)22-10-11-23(15(22)5)18-13(3)6-8-16-17-9-7-14(4)21-20(17)24-19(16)18/h8-18,21H,1-7H3;6-14,17H,1-5H3;4-14,17H,1-3H3;5-12,15H,1-4H3;6-12,15H,1-5H3. The van der Waals surface area contributed by atoms with Crippen LogP contribution in [0.2, 0.25) is 0 Å². The minimum Gasteiger partial charge on any atom is -0.435 e. The number of benzene rings is 9. The number of aryl methyl sites for hydroxylation is 10. The van der Waals surface area contributed by atoms with E-state index in [0.29, 0.717) is 52.5 Å². The van der Waals surface area contributed by atoms with Gasteiger partial charge in [0.15, 0.2) is 27.9 Å². The Morgan fingerprint density at radius 3 is 0.891 bits per heavy atom. The van der Waals surface area contributed by atoms with Crippen molar-refractivity contribution in [1.82, 2.24) is 29.8 Å². The topological polar surface area (TPSA) is 163 Å². The number of hydrogen-bond donors (Lipinski definition) is 0. The highest BCUT2D eigenvalue weighted by atomic mass is 16.4. The van der Waals surface area contributed by atoms with Gasteiger partial charge in [0.05, 0.1) is 51.2 Å². The van der Waals surface area contributed by atoms with Gasteiger partial charge in [0.2, 0.25) is 28.6 Å². The van der Waals surface area contributed by atoms with Crippen molar-refractivity contribution in [2.24, 2.45) is 0 Å². The molecule has 5 unspecified atom stereocenters. The molecule has 5 aliphatic rings. The average molecular weight is 1830 g/mol. The molecule has 138 heavy (non-hydrogen) atoms. The van der Waals surface area contributed by atoms with Gasteiger partial charge in [0.25, 0.3) is 0 Å². The first-order valence-corrected chi connectivity index (χ1v) is 48.6. The van der Waals surface area contributed by atoms with Crippen LogP contribution in [0.15, 0.2) is 278 Å². The predicted octanol–water partition coefficient (Wildman–Crippen LogP) is 30.5. The van der Waals surface area contributed by atoms with Crippen LogP contribution in [0.4, 0.5) is 62.6 Å². The third-order valence-corrected chi connectivity index (χ3v) is 28.4. The summed E-state index contributed by atoms with van der Waals surface area (Å²) >= 11 is 0. The quantitative estimate of drug-likeness (QED) is 0.120. The molecule has 0 amide bonds. The molecule has 0 radical (unpaired) electrons. The molecule has 10 aromatic heterocycles. The first-order valence-electron chi connectivity index (χ1n) is 48.6. The lowest BCUT2D eigenvalue weighted by Crippen LogP contribution is -2.42. The molecule has 0 saturated carbocycles. The molecule has 5 aliphatic heterocycles. The van der Waals surface area contributed by atoms with E-state index in [1.807, 2.05) is 71.0 Å². The minimum absolute atomic E-state index is 0.120. The second-order valence-corrected chi connectivity index (χ2v) is 39.0. The Balaban J connectivity index is 0.000000107. The van der Waals surface area contributed by atoms with Gasteiger partial charge in [0, 0.05) is 150 Å². The van der Waals surface area contributed by atoms with Gasteiger partial charge < -0.3 is 71.1 Å². The largest absolute Gasteiger partial charge is 0.435 e. The molecule has 0 aliphatic carbocycles. The summed E-state index contributed by atoms with van der Waals surface area (Å²) in [5.74, 6) is 0.895. The summed E-state index contributed by atoms with van der Waals surface area (Å²) in [5.41, 5.74) is 34.8. The lowest BCUT2D eigenvalue weighted by atomic mass is 9.92. The van der Waals surface area contributed by atoms with Gasteiger partial charge in [-0.1, -0.05) is 149 Å². The fourth-order valence-corrected chi connectivity index (χ4v) is 21.3. The Hall–Kier alpha value is -15.1. The van der Waals surface area contributed by atoms with Crippen molar-refractivity contribution in [3.8, 4) is 0 Å². The smallest absolute Gasteiger partial charge is 0.227 e. The summed E-state index contributed by atoms with van der Waals surface area (Å²) in [5, 5.41) is 10.9. The number of furan rings is 5. The first kappa shape index (κ1) is 90.7. The van der Waals surface area contributed by atoms with Crippen LogP contribution in [0.1, 0.15) is 169 Å². The molecule has 20 heteroatoms. The third kappa shape index (κ3) is 15.6. The van der Waals surface area contributed by atoms with Crippen LogP contribution < -0.4 is 44.1 Å². The summed E-state index contributed by atoms with van der Waals surface area (Å²) in [6, 6.07) is 77.6. The predicted molar refractivity (Wildman–Crippen MR) is 573 cm³/mol. The number of pyridine rings is 5. The zero-order chi connectivity index (χ0) is 96.6. The first-order chi connectivity index (χ1) is 66.4. The summed E-state index contributed by atoms with van der Waals surface area (Å²) < 4.78 is 31.4. The third-order valence-electron chi connectivity index (χ3n) is 28.4. The molecule has 0 saturated heterocycles. The van der Waals surface area contributed by atoms with Crippen molar-refractivity contribution in [1.29, 1.82) is 0 Å². The van der Waals surface area contributed by atoms with E-state index in [-0.39, 0.29) is 30.8 Å². The molecule has 5 atom stereocenters. The molecule has 0 spiro atoms. The van der Waals surface area contributed by atoms with Gasteiger partial charge in [-0.05, 0) is 279 Å². The van der Waals surface area contributed by atoms with Crippen molar-refractivity contribution in [2.75, 3.05) is 51.1 Å². The number of hydrogen-bond acceptors (Lipinski definition) is 20. The number of rotatable bonds is 11. The van der Waals surface area contributed by atoms with E-state index in [9.17, 15) is 0 Å². The van der Waals surface area contributed by atoms with Crippen molar-refractivity contribution in [3.05, 3.63) is 323 Å².